The van der Waals surface area contributed by atoms with Crippen molar-refractivity contribution in [2.75, 3.05) is 23.7 Å². The van der Waals surface area contributed by atoms with Crippen molar-refractivity contribution in [3.05, 3.63) is 59.0 Å². The van der Waals surface area contributed by atoms with Crippen molar-refractivity contribution in [3.8, 4) is 0 Å². The maximum Gasteiger partial charge on any atom is 0.407 e. The van der Waals surface area contributed by atoms with E-state index in [0.717, 1.165) is 40.7 Å². The molecule has 2 bridgehead atoms. The molecular weight excluding hydrogens is 590 g/mol. The maximum absolute atomic E-state index is 13.7. The van der Waals surface area contributed by atoms with Crippen LogP contribution in [0.2, 0.25) is 5.02 Å². The monoisotopic (exact) mass is 625 g/mol. The molecule has 10 nitrogen and oxygen atoms in total. The van der Waals surface area contributed by atoms with Gasteiger partial charge in [0.25, 0.3) is 0 Å². The minimum absolute atomic E-state index is 0.0536. The van der Waals surface area contributed by atoms with Crippen LogP contribution < -0.4 is 4.90 Å². The van der Waals surface area contributed by atoms with Gasteiger partial charge in [-0.3, -0.25) is 14.7 Å². The van der Waals surface area contributed by atoms with Crippen molar-refractivity contribution in [1.29, 1.82) is 0 Å². The van der Waals surface area contributed by atoms with Crippen LogP contribution in [0.15, 0.2) is 42.7 Å². The molecule has 12 heteroatoms. The van der Waals surface area contributed by atoms with Crippen molar-refractivity contribution < 1.29 is 23.1 Å². The Balaban J connectivity index is 1.13. The lowest BCUT2D eigenvalue weighted by Crippen LogP contribution is -2.62. The van der Waals surface area contributed by atoms with E-state index in [9.17, 15) is 23.1 Å². The number of rotatable bonds is 7. The molecule has 2 aromatic heterocycles. The first-order valence-corrected chi connectivity index (χ1v) is 16.8. The van der Waals surface area contributed by atoms with Crippen LogP contribution in [-0.4, -0.2) is 74.7 Å². The highest BCUT2D eigenvalue weighted by Gasteiger charge is 2.64. The average Bonchev–Trinajstić information content (AvgIpc) is 3.24. The molecule has 1 saturated carbocycles. The van der Waals surface area contributed by atoms with Crippen molar-refractivity contribution >= 4 is 50.2 Å². The fourth-order valence-corrected chi connectivity index (χ4v) is 9.76. The van der Waals surface area contributed by atoms with Gasteiger partial charge >= 0.3 is 6.09 Å². The second-order valence-electron chi connectivity index (χ2n) is 13.6. The highest BCUT2D eigenvalue weighted by Crippen LogP contribution is 2.57. The second-order valence-corrected chi connectivity index (χ2v) is 16.1. The molecular formula is C31H36ClN5O5S. The first kappa shape index (κ1) is 28.6. The summed E-state index contributed by atoms with van der Waals surface area (Å²) in [6, 6.07) is 9.27. The number of hydrogen-bond donors (Lipinski definition) is 1. The second kappa shape index (κ2) is 9.42. The van der Waals surface area contributed by atoms with Gasteiger partial charge in [-0.15, -0.1) is 0 Å². The molecule has 1 aromatic carbocycles. The number of nitrogens with zero attached hydrogens (tertiary/aromatic N) is 5. The van der Waals surface area contributed by atoms with Gasteiger partial charge in [0, 0.05) is 53.5 Å². The molecule has 2 atom stereocenters. The van der Waals surface area contributed by atoms with E-state index in [-0.39, 0.29) is 30.8 Å². The van der Waals surface area contributed by atoms with E-state index in [0.29, 0.717) is 31.0 Å². The lowest BCUT2D eigenvalue weighted by Gasteiger charge is -2.48. The normalized spacial score (nSPS) is 24.5. The number of carboxylic acid groups (broad SMARTS) is 1. The van der Waals surface area contributed by atoms with Crippen LogP contribution >= 0.6 is 11.6 Å². The number of fused-ring (bicyclic) bond motifs is 5. The highest BCUT2D eigenvalue weighted by atomic mass is 35.5. The van der Waals surface area contributed by atoms with Crippen LogP contribution in [0.4, 0.5) is 10.5 Å². The first-order chi connectivity index (χ1) is 20.3. The lowest BCUT2D eigenvalue weighted by atomic mass is 9.73. The summed E-state index contributed by atoms with van der Waals surface area (Å²) in [4.78, 5) is 33.2. The minimum Gasteiger partial charge on any atom is -0.465 e. The Morgan fingerprint density at radius 2 is 1.95 bits per heavy atom. The summed E-state index contributed by atoms with van der Waals surface area (Å²) in [5.41, 5.74) is 2.13. The van der Waals surface area contributed by atoms with Gasteiger partial charge in [-0.1, -0.05) is 32.4 Å². The van der Waals surface area contributed by atoms with Crippen LogP contribution in [-0.2, 0) is 33.3 Å². The van der Waals surface area contributed by atoms with Gasteiger partial charge in [0.15, 0.2) is 0 Å². The molecule has 3 aliphatic heterocycles. The third-order valence-corrected chi connectivity index (χ3v) is 12.5. The maximum atomic E-state index is 13.7. The van der Waals surface area contributed by atoms with Crippen molar-refractivity contribution in [2.24, 2.45) is 5.41 Å². The zero-order valence-electron chi connectivity index (χ0n) is 24.6. The van der Waals surface area contributed by atoms with Gasteiger partial charge in [-0.05, 0) is 67.0 Å². The number of hydrogen-bond acceptors (Lipinski definition) is 5. The number of benzene rings is 1. The predicted molar refractivity (Wildman–Crippen MR) is 164 cm³/mol. The van der Waals surface area contributed by atoms with E-state index in [1.165, 1.54) is 4.90 Å². The Morgan fingerprint density at radius 1 is 1.19 bits per heavy atom. The Labute approximate surface area is 256 Å². The largest absolute Gasteiger partial charge is 0.465 e. The van der Waals surface area contributed by atoms with Crippen molar-refractivity contribution in [1.82, 2.24) is 18.8 Å². The predicted octanol–water partition coefficient (Wildman–Crippen LogP) is 4.84. The number of pyridine rings is 1. The van der Waals surface area contributed by atoms with Crippen LogP contribution in [0.5, 0.6) is 0 Å². The van der Waals surface area contributed by atoms with E-state index < -0.39 is 32.5 Å². The quantitative estimate of drug-likeness (QED) is 0.402. The standard InChI is InChI=1S/C31H36ClN5O5S/c1-29(2,3)31-15-23(18-36(31)28(39)40)37(19-31)43(41,42)12-4-11-34-22(14-20-13-21(32)5-6-25(20)34)17-35-26-16-33-10-7-24(26)30(8-9-30)27(35)38/h5-7,10,13-14,16,23H,4,8-9,11-12,15,17-19H2,1-3H3,(H,39,40)/t23-,31+/m1/s1. The number of likely N-dealkylation sites (tertiary alicyclic amines) is 1. The van der Waals surface area contributed by atoms with Crippen LogP contribution in [0, 0.1) is 5.41 Å². The fraction of sp³-hybridized carbons (Fsp3) is 0.516. The molecule has 7 rings (SSSR count). The van der Waals surface area contributed by atoms with Crippen molar-refractivity contribution in [2.45, 2.75) is 76.5 Å². The topological polar surface area (TPSA) is 116 Å². The molecule has 43 heavy (non-hydrogen) atoms. The van der Waals surface area contributed by atoms with E-state index in [1.54, 1.807) is 16.7 Å². The number of anilines is 1. The van der Waals surface area contributed by atoms with Gasteiger partial charge in [0.05, 0.1) is 35.1 Å². The van der Waals surface area contributed by atoms with Gasteiger partial charge in [-0.25, -0.2) is 13.2 Å². The molecule has 5 heterocycles. The molecule has 2 amide bonds. The van der Waals surface area contributed by atoms with Crippen LogP contribution in [0.25, 0.3) is 10.9 Å². The van der Waals surface area contributed by atoms with E-state index in [1.807, 2.05) is 56.0 Å². The van der Waals surface area contributed by atoms with Crippen LogP contribution in [0.1, 0.15) is 57.7 Å². The molecule has 0 unspecified atom stereocenters. The Kier molecular flexibility index (Phi) is 6.27. The van der Waals surface area contributed by atoms with Gasteiger partial charge in [-0.2, -0.15) is 4.31 Å². The Bertz CT molecular complexity index is 1780. The molecule has 1 aliphatic carbocycles. The zero-order valence-corrected chi connectivity index (χ0v) is 26.2. The van der Waals surface area contributed by atoms with E-state index in [4.69, 9.17) is 11.6 Å². The number of aryl methyl sites for hydroxylation is 1. The molecule has 228 valence electrons. The zero-order chi connectivity index (χ0) is 30.5. The fourth-order valence-electron chi connectivity index (χ4n) is 7.85. The molecule has 3 fully saturated rings. The molecule has 4 aliphatic rings. The van der Waals surface area contributed by atoms with Gasteiger partial charge in [0.1, 0.15) is 0 Å². The number of amides is 2. The van der Waals surface area contributed by atoms with E-state index in [2.05, 4.69) is 9.55 Å². The summed E-state index contributed by atoms with van der Waals surface area (Å²) in [5, 5.41) is 11.4. The summed E-state index contributed by atoms with van der Waals surface area (Å²) in [5.74, 6) is 0.0438. The Hall–Kier alpha value is -3.15. The van der Waals surface area contributed by atoms with Crippen LogP contribution in [0.3, 0.4) is 0 Å². The summed E-state index contributed by atoms with van der Waals surface area (Å²) in [7, 11) is -3.64. The SMILES string of the molecule is CC(C)(C)[C@@]12C[C@H](CN1C(=O)O)N(S(=O)(=O)CCCn1c(CN3C(=O)C4(CC4)c4ccncc43)cc3cc(Cl)ccc31)C2. The lowest BCUT2D eigenvalue weighted by molar-refractivity contribution is -0.120. The molecule has 1 N–H and O–H groups in total. The number of aromatic nitrogens is 2. The first-order valence-electron chi connectivity index (χ1n) is 14.8. The smallest absolute Gasteiger partial charge is 0.407 e. The number of sulfonamides is 1. The molecule has 2 saturated heterocycles. The summed E-state index contributed by atoms with van der Waals surface area (Å²) >= 11 is 6.32. The summed E-state index contributed by atoms with van der Waals surface area (Å²) in [6.07, 6.45) is 5.06. The number of carbonyl (C=O) groups excluding carboxylic acids is 1. The molecule has 3 aromatic rings. The van der Waals surface area contributed by atoms with Gasteiger partial charge < -0.3 is 14.6 Å². The summed E-state index contributed by atoms with van der Waals surface area (Å²) in [6.45, 7) is 7.12. The molecule has 0 radical (unpaired) electrons. The summed E-state index contributed by atoms with van der Waals surface area (Å²) < 4.78 is 31.1. The minimum atomic E-state index is -3.64. The third-order valence-electron chi connectivity index (χ3n) is 10.4. The number of carbonyl (C=O) groups is 2. The highest BCUT2D eigenvalue weighted by molar-refractivity contribution is 7.89. The molecule has 1 spiro atoms. The van der Waals surface area contributed by atoms with Crippen molar-refractivity contribution in [3.63, 3.8) is 0 Å². The van der Waals surface area contributed by atoms with E-state index >= 15 is 0 Å². The average molecular weight is 626 g/mol. The van der Waals surface area contributed by atoms with Gasteiger partial charge in [0.2, 0.25) is 15.9 Å². The number of halogens is 1. The number of piperazine rings is 1. The Morgan fingerprint density at radius 3 is 2.65 bits per heavy atom. The third kappa shape index (κ3) is 4.22.